The molecule has 0 amide bonds. The van der Waals surface area contributed by atoms with Crippen LogP contribution >= 0.6 is 11.3 Å². The normalized spacial score (nSPS) is 13.2. The van der Waals surface area contributed by atoms with Crippen LogP contribution in [0, 0.1) is 6.92 Å². The second kappa shape index (κ2) is 6.34. The van der Waals surface area contributed by atoms with Crippen molar-refractivity contribution in [3.63, 3.8) is 0 Å². The number of benzene rings is 2. The molecule has 1 atom stereocenters. The van der Waals surface area contributed by atoms with E-state index in [-0.39, 0.29) is 11.6 Å². The first-order chi connectivity index (χ1) is 10.9. The average molecular weight is 325 g/mol. The van der Waals surface area contributed by atoms with Gasteiger partial charge >= 0.3 is 0 Å². The lowest BCUT2D eigenvalue weighted by Crippen LogP contribution is -2.35. The van der Waals surface area contributed by atoms with Gasteiger partial charge in [0.1, 0.15) is 11.9 Å². The van der Waals surface area contributed by atoms with Crippen molar-refractivity contribution in [2.45, 2.75) is 38.8 Å². The molecular weight excluding hydrogens is 302 g/mol. The Hall–Kier alpha value is -1.84. The van der Waals surface area contributed by atoms with E-state index in [4.69, 9.17) is 10.5 Å². The highest BCUT2D eigenvalue weighted by atomic mass is 32.1. The molecular formula is C20H23NOS. The van der Waals surface area contributed by atoms with Gasteiger partial charge in [-0.2, -0.15) is 0 Å². The van der Waals surface area contributed by atoms with E-state index in [9.17, 15) is 0 Å². The summed E-state index contributed by atoms with van der Waals surface area (Å²) in [4.78, 5) is 1.26. The maximum atomic E-state index is 6.46. The second-order valence-corrected chi connectivity index (χ2v) is 7.69. The van der Waals surface area contributed by atoms with Crippen molar-refractivity contribution in [1.29, 1.82) is 0 Å². The van der Waals surface area contributed by atoms with Gasteiger partial charge in [0, 0.05) is 22.2 Å². The number of hydrogen-bond acceptors (Lipinski definition) is 3. The third kappa shape index (κ3) is 3.74. The third-order valence-corrected chi connectivity index (χ3v) is 5.04. The van der Waals surface area contributed by atoms with Crippen molar-refractivity contribution in [2.75, 3.05) is 0 Å². The van der Waals surface area contributed by atoms with E-state index in [2.05, 4.69) is 56.5 Å². The van der Waals surface area contributed by atoms with Gasteiger partial charge < -0.3 is 10.5 Å². The van der Waals surface area contributed by atoms with E-state index >= 15 is 0 Å². The molecule has 1 unspecified atom stereocenters. The fourth-order valence-electron chi connectivity index (χ4n) is 2.83. The molecule has 2 nitrogen and oxygen atoms in total. The van der Waals surface area contributed by atoms with Gasteiger partial charge in [0.15, 0.2) is 0 Å². The molecule has 3 rings (SSSR count). The molecule has 120 valence electrons. The Morgan fingerprint density at radius 2 is 1.83 bits per heavy atom. The lowest BCUT2D eigenvalue weighted by molar-refractivity contribution is 0.172. The molecule has 0 aliphatic carbocycles. The molecule has 0 spiro atoms. The molecule has 23 heavy (non-hydrogen) atoms. The maximum Gasteiger partial charge on any atom is 0.135 e. The minimum absolute atomic E-state index is 0.0270. The van der Waals surface area contributed by atoms with E-state index in [0.29, 0.717) is 0 Å². The number of ether oxygens (including phenoxy) is 1. The largest absolute Gasteiger partial charge is 0.484 e. The molecule has 0 saturated carbocycles. The standard InChI is InChI=1S/C20H23NOS/c1-14-11-12-23-19(14)18(13-20(2,3)21)22-17-10-6-8-15-7-4-5-9-16(15)17/h4-12,18H,13,21H2,1-3H3. The van der Waals surface area contributed by atoms with Crippen LogP contribution in [0.4, 0.5) is 0 Å². The maximum absolute atomic E-state index is 6.46. The second-order valence-electron chi connectivity index (χ2n) is 6.74. The molecule has 3 aromatic rings. The summed E-state index contributed by atoms with van der Waals surface area (Å²) in [5, 5.41) is 4.45. The van der Waals surface area contributed by atoms with Crippen LogP contribution in [0.25, 0.3) is 10.8 Å². The van der Waals surface area contributed by atoms with Gasteiger partial charge in [0.2, 0.25) is 0 Å². The molecule has 0 radical (unpaired) electrons. The van der Waals surface area contributed by atoms with E-state index in [1.165, 1.54) is 15.8 Å². The Bertz CT molecular complexity index is 795. The Kier molecular flexibility index (Phi) is 4.42. The number of nitrogens with two attached hydrogens (primary N) is 1. The summed E-state index contributed by atoms with van der Waals surface area (Å²) in [6.07, 6.45) is 0.748. The first-order valence-corrected chi connectivity index (χ1v) is 8.79. The van der Waals surface area contributed by atoms with Gasteiger partial charge in [-0.1, -0.05) is 36.4 Å². The van der Waals surface area contributed by atoms with E-state index < -0.39 is 0 Å². The first-order valence-electron chi connectivity index (χ1n) is 7.91. The third-order valence-electron chi connectivity index (χ3n) is 3.92. The summed E-state index contributed by atoms with van der Waals surface area (Å²) in [6, 6.07) is 16.7. The van der Waals surface area contributed by atoms with Crippen LogP contribution in [0.15, 0.2) is 53.9 Å². The molecule has 1 heterocycles. The van der Waals surface area contributed by atoms with Gasteiger partial charge in [0.25, 0.3) is 0 Å². The smallest absolute Gasteiger partial charge is 0.135 e. The van der Waals surface area contributed by atoms with Crippen molar-refractivity contribution in [1.82, 2.24) is 0 Å². The lowest BCUT2D eigenvalue weighted by Gasteiger charge is -2.27. The van der Waals surface area contributed by atoms with Crippen LogP contribution in [0.3, 0.4) is 0 Å². The van der Waals surface area contributed by atoms with Gasteiger partial charge in [-0.25, -0.2) is 0 Å². The molecule has 0 aliphatic rings. The summed E-state index contributed by atoms with van der Waals surface area (Å²) in [7, 11) is 0. The molecule has 0 bridgehead atoms. The zero-order valence-electron chi connectivity index (χ0n) is 13.9. The zero-order valence-corrected chi connectivity index (χ0v) is 14.7. The molecule has 0 saturated heterocycles. The number of rotatable bonds is 5. The number of hydrogen-bond donors (Lipinski definition) is 1. The molecule has 0 aliphatic heterocycles. The molecule has 1 aromatic heterocycles. The predicted molar refractivity (Wildman–Crippen MR) is 99.3 cm³/mol. The number of thiophene rings is 1. The quantitative estimate of drug-likeness (QED) is 0.676. The van der Waals surface area contributed by atoms with Gasteiger partial charge in [-0.15, -0.1) is 11.3 Å². The summed E-state index contributed by atoms with van der Waals surface area (Å²) in [6.45, 7) is 6.24. The van der Waals surface area contributed by atoms with Crippen LogP contribution in [-0.2, 0) is 0 Å². The van der Waals surface area contributed by atoms with Crippen molar-refractivity contribution in [3.05, 3.63) is 64.4 Å². The molecule has 2 N–H and O–H groups in total. The van der Waals surface area contributed by atoms with Gasteiger partial charge in [-0.05, 0) is 49.2 Å². The van der Waals surface area contributed by atoms with Crippen molar-refractivity contribution in [2.24, 2.45) is 5.73 Å². The zero-order chi connectivity index (χ0) is 16.4. The summed E-state index contributed by atoms with van der Waals surface area (Å²) in [5.41, 5.74) is 7.27. The van der Waals surface area contributed by atoms with E-state index in [1.807, 2.05) is 18.2 Å². The Labute approximate surface area is 141 Å². The Morgan fingerprint density at radius 1 is 1.09 bits per heavy atom. The van der Waals surface area contributed by atoms with Crippen LogP contribution in [-0.4, -0.2) is 5.54 Å². The molecule has 3 heteroatoms. The Balaban J connectivity index is 1.99. The van der Waals surface area contributed by atoms with Crippen LogP contribution < -0.4 is 10.5 Å². The van der Waals surface area contributed by atoms with Crippen LogP contribution in [0.1, 0.15) is 36.8 Å². The first kappa shape index (κ1) is 16.0. The van der Waals surface area contributed by atoms with Gasteiger partial charge in [-0.3, -0.25) is 0 Å². The highest BCUT2D eigenvalue weighted by molar-refractivity contribution is 7.10. The highest BCUT2D eigenvalue weighted by Gasteiger charge is 2.25. The fraction of sp³-hybridized carbons (Fsp3) is 0.300. The Morgan fingerprint density at radius 3 is 2.52 bits per heavy atom. The molecule has 0 fully saturated rings. The van der Waals surface area contributed by atoms with E-state index in [0.717, 1.165) is 17.6 Å². The molecule has 2 aromatic carbocycles. The highest BCUT2D eigenvalue weighted by Crippen LogP contribution is 2.36. The van der Waals surface area contributed by atoms with Crippen molar-refractivity contribution < 1.29 is 4.74 Å². The minimum Gasteiger partial charge on any atom is -0.484 e. The monoisotopic (exact) mass is 325 g/mol. The number of aryl methyl sites for hydroxylation is 1. The number of fused-ring (bicyclic) bond motifs is 1. The van der Waals surface area contributed by atoms with Gasteiger partial charge in [0.05, 0.1) is 0 Å². The average Bonchev–Trinajstić information content (AvgIpc) is 2.92. The summed E-state index contributed by atoms with van der Waals surface area (Å²) in [5.74, 6) is 0.921. The lowest BCUT2D eigenvalue weighted by atomic mass is 9.96. The minimum atomic E-state index is -0.286. The predicted octanol–water partition coefficient (Wildman–Crippen LogP) is 5.46. The van der Waals surface area contributed by atoms with Crippen LogP contribution in [0.5, 0.6) is 5.75 Å². The topological polar surface area (TPSA) is 35.2 Å². The SMILES string of the molecule is Cc1ccsc1C(CC(C)(C)N)Oc1cccc2ccccc12. The summed E-state index contributed by atoms with van der Waals surface area (Å²) >= 11 is 1.74. The van der Waals surface area contributed by atoms with E-state index in [1.54, 1.807) is 11.3 Å². The fourth-order valence-corrected chi connectivity index (χ4v) is 3.79. The summed E-state index contributed by atoms with van der Waals surface area (Å²) < 4.78 is 6.46. The van der Waals surface area contributed by atoms with Crippen molar-refractivity contribution >= 4 is 22.1 Å². The van der Waals surface area contributed by atoms with Crippen molar-refractivity contribution in [3.8, 4) is 5.75 Å². The van der Waals surface area contributed by atoms with Crippen LogP contribution in [0.2, 0.25) is 0 Å².